The van der Waals surface area contributed by atoms with Crippen LogP contribution >= 0.6 is 15.9 Å². The Morgan fingerprint density at radius 2 is 2.10 bits per heavy atom. The number of carbonyl (C=O) groups is 3. The third-order valence-corrected chi connectivity index (χ3v) is 5.29. The number of aromatic nitrogens is 1. The second-order valence-electron chi connectivity index (χ2n) is 6.77. The number of hydrogen-bond acceptors (Lipinski definition) is 4. The van der Waals surface area contributed by atoms with E-state index in [1.165, 1.54) is 6.26 Å². The zero-order chi connectivity index (χ0) is 20.4. The molecular formula is C20H19BrN4O4. The molecule has 1 aromatic carbocycles. The molecule has 0 aliphatic carbocycles. The number of halogens is 1. The molecule has 3 heterocycles. The van der Waals surface area contributed by atoms with Crippen molar-refractivity contribution < 1.29 is 18.8 Å². The molecule has 4 rings (SSSR count). The molecule has 9 heteroatoms. The Bertz CT molecular complexity index is 1060. The zero-order valence-corrected chi connectivity index (χ0v) is 17.0. The van der Waals surface area contributed by atoms with Crippen LogP contribution in [-0.2, 0) is 22.7 Å². The maximum absolute atomic E-state index is 12.4. The lowest BCUT2D eigenvalue weighted by Crippen LogP contribution is -2.37. The summed E-state index contributed by atoms with van der Waals surface area (Å²) in [4.78, 5) is 37.8. The summed E-state index contributed by atoms with van der Waals surface area (Å²) in [7, 11) is 0. The van der Waals surface area contributed by atoms with Gasteiger partial charge in [0.1, 0.15) is 11.8 Å². The Balaban J connectivity index is 1.29. The largest absolute Gasteiger partial charge is 0.467 e. The molecule has 1 aliphatic heterocycles. The molecule has 150 valence electrons. The van der Waals surface area contributed by atoms with Crippen molar-refractivity contribution in [2.24, 2.45) is 0 Å². The fourth-order valence-corrected chi connectivity index (χ4v) is 3.70. The van der Waals surface area contributed by atoms with E-state index in [1.54, 1.807) is 12.1 Å². The van der Waals surface area contributed by atoms with Gasteiger partial charge in [-0.25, -0.2) is 4.79 Å². The van der Waals surface area contributed by atoms with E-state index in [0.29, 0.717) is 18.8 Å². The Morgan fingerprint density at radius 1 is 1.24 bits per heavy atom. The Morgan fingerprint density at radius 3 is 2.90 bits per heavy atom. The molecule has 3 aromatic rings. The van der Waals surface area contributed by atoms with E-state index in [0.717, 1.165) is 20.3 Å². The topological polar surface area (TPSA) is 96.6 Å². The molecule has 1 atom stereocenters. The number of amides is 4. The molecule has 0 spiro atoms. The molecule has 0 unspecified atom stereocenters. The summed E-state index contributed by atoms with van der Waals surface area (Å²) in [5.41, 5.74) is 1.07. The fraction of sp³-hybridized carbons (Fsp3) is 0.250. The van der Waals surface area contributed by atoms with Crippen molar-refractivity contribution >= 4 is 44.7 Å². The number of furan rings is 1. The highest BCUT2D eigenvalue weighted by Crippen LogP contribution is 2.20. The van der Waals surface area contributed by atoms with Crippen LogP contribution in [0.4, 0.5) is 4.79 Å². The summed E-state index contributed by atoms with van der Waals surface area (Å²) in [5.74, 6) is -0.215. The average molecular weight is 459 g/mol. The van der Waals surface area contributed by atoms with Crippen molar-refractivity contribution in [3.05, 3.63) is 59.1 Å². The van der Waals surface area contributed by atoms with Gasteiger partial charge in [-0.2, -0.15) is 0 Å². The molecule has 0 radical (unpaired) electrons. The van der Waals surface area contributed by atoms with Gasteiger partial charge in [0.25, 0.3) is 5.91 Å². The van der Waals surface area contributed by atoms with Gasteiger partial charge in [0.2, 0.25) is 5.91 Å². The van der Waals surface area contributed by atoms with Crippen molar-refractivity contribution in [1.82, 2.24) is 20.1 Å². The number of rotatable bonds is 7. The van der Waals surface area contributed by atoms with Crippen molar-refractivity contribution in [1.29, 1.82) is 0 Å². The van der Waals surface area contributed by atoms with Crippen LogP contribution in [0.2, 0.25) is 0 Å². The first-order valence-corrected chi connectivity index (χ1v) is 9.96. The summed E-state index contributed by atoms with van der Waals surface area (Å²) in [5, 5.41) is 6.49. The number of nitrogens with one attached hydrogen (secondary N) is 2. The van der Waals surface area contributed by atoms with Crippen LogP contribution in [0.15, 0.2) is 57.7 Å². The predicted octanol–water partition coefficient (Wildman–Crippen LogP) is 2.62. The van der Waals surface area contributed by atoms with Crippen molar-refractivity contribution in [2.75, 3.05) is 6.54 Å². The molecule has 0 saturated carbocycles. The first kappa shape index (κ1) is 19.3. The first-order chi connectivity index (χ1) is 14.0. The molecule has 0 bridgehead atoms. The number of nitrogens with zero attached hydrogens (tertiary/aromatic N) is 2. The summed E-state index contributed by atoms with van der Waals surface area (Å²) < 4.78 is 8.22. The van der Waals surface area contributed by atoms with Gasteiger partial charge in [-0.05, 0) is 35.7 Å². The van der Waals surface area contributed by atoms with Gasteiger partial charge in [-0.3, -0.25) is 14.5 Å². The number of hydrogen-bond donors (Lipinski definition) is 2. The minimum Gasteiger partial charge on any atom is -0.467 e. The van der Waals surface area contributed by atoms with Crippen molar-refractivity contribution in [2.45, 2.75) is 25.6 Å². The number of fused-ring (bicyclic) bond motifs is 1. The van der Waals surface area contributed by atoms with Gasteiger partial charge >= 0.3 is 6.03 Å². The second kappa shape index (κ2) is 8.12. The molecule has 4 amide bonds. The lowest BCUT2D eigenvalue weighted by Gasteiger charge is -2.12. The monoisotopic (exact) mass is 458 g/mol. The van der Waals surface area contributed by atoms with Gasteiger partial charge in [0.15, 0.2) is 0 Å². The third-order valence-electron chi connectivity index (χ3n) is 4.80. The minimum atomic E-state index is -0.860. The highest BCUT2D eigenvalue weighted by Gasteiger charge is 2.39. The third kappa shape index (κ3) is 4.19. The van der Waals surface area contributed by atoms with Gasteiger partial charge < -0.3 is 19.6 Å². The quantitative estimate of drug-likeness (QED) is 0.531. The second-order valence-corrected chi connectivity index (χ2v) is 7.69. The van der Waals surface area contributed by atoms with Crippen LogP contribution < -0.4 is 10.6 Å². The first-order valence-electron chi connectivity index (χ1n) is 9.16. The normalized spacial score (nSPS) is 16.4. The highest BCUT2D eigenvalue weighted by atomic mass is 79.9. The maximum Gasteiger partial charge on any atom is 0.325 e. The Kier molecular flexibility index (Phi) is 5.39. The van der Waals surface area contributed by atoms with Crippen LogP contribution in [0.3, 0.4) is 0 Å². The van der Waals surface area contributed by atoms with Crippen molar-refractivity contribution in [3.63, 3.8) is 0 Å². The molecular weight excluding hydrogens is 440 g/mol. The van der Waals surface area contributed by atoms with E-state index in [4.69, 9.17) is 4.42 Å². The van der Waals surface area contributed by atoms with E-state index in [-0.39, 0.29) is 18.9 Å². The number of benzene rings is 1. The standard InChI is InChI=1S/C20H19BrN4O4/c21-14-4-3-13-5-7-24(17(13)10-14)8-6-22-18(26)11-16-19(27)25(20(28)23-16)12-15-2-1-9-29-15/h1-5,7,9-10,16H,6,8,11-12H2,(H,22,26)(H,23,28)/t16-/m1/s1. The molecule has 2 aromatic heterocycles. The lowest BCUT2D eigenvalue weighted by atomic mass is 10.2. The predicted molar refractivity (Wildman–Crippen MR) is 109 cm³/mol. The number of urea groups is 1. The smallest absolute Gasteiger partial charge is 0.325 e. The molecule has 8 nitrogen and oxygen atoms in total. The summed E-state index contributed by atoms with van der Waals surface area (Å²) >= 11 is 3.47. The van der Waals surface area contributed by atoms with Crippen molar-refractivity contribution in [3.8, 4) is 0 Å². The molecule has 1 aliphatic rings. The van der Waals surface area contributed by atoms with E-state index in [9.17, 15) is 14.4 Å². The fourth-order valence-electron chi connectivity index (χ4n) is 3.35. The van der Waals surface area contributed by atoms with Crippen LogP contribution in [0, 0.1) is 0 Å². The number of carbonyl (C=O) groups excluding carboxylic acids is 3. The molecule has 29 heavy (non-hydrogen) atoms. The summed E-state index contributed by atoms with van der Waals surface area (Å²) in [6.45, 7) is 1.06. The zero-order valence-electron chi connectivity index (χ0n) is 15.4. The van der Waals surface area contributed by atoms with Gasteiger partial charge in [0, 0.05) is 29.3 Å². The van der Waals surface area contributed by atoms with Gasteiger partial charge in [0.05, 0.1) is 19.2 Å². The van der Waals surface area contributed by atoms with E-state index in [2.05, 4.69) is 26.6 Å². The van der Waals surface area contributed by atoms with E-state index in [1.807, 2.05) is 35.0 Å². The van der Waals surface area contributed by atoms with Gasteiger partial charge in [-0.1, -0.05) is 22.0 Å². The number of imide groups is 1. The van der Waals surface area contributed by atoms with Crippen LogP contribution in [0.1, 0.15) is 12.2 Å². The van der Waals surface area contributed by atoms with Crippen LogP contribution in [-0.4, -0.2) is 39.9 Å². The van der Waals surface area contributed by atoms with Gasteiger partial charge in [-0.15, -0.1) is 0 Å². The molecule has 1 fully saturated rings. The average Bonchev–Trinajstić information content (AvgIpc) is 3.40. The summed E-state index contributed by atoms with van der Waals surface area (Å²) in [6.07, 6.45) is 3.35. The lowest BCUT2D eigenvalue weighted by molar-refractivity contribution is -0.131. The van der Waals surface area contributed by atoms with Crippen LogP contribution in [0.5, 0.6) is 0 Å². The SMILES string of the molecule is O=C(C[C@H]1NC(=O)N(Cc2ccco2)C1=O)NCCn1ccc2ccc(Br)cc21. The highest BCUT2D eigenvalue weighted by molar-refractivity contribution is 9.10. The van der Waals surface area contributed by atoms with E-state index >= 15 is 0 Å². The summed E-state index contributed by atoms with van der Waals surface area (Å²) in [6, 6.07) is 10.0. The minimum absolute atomic E-state index is 0.0477. The van der Waals surface area contributed by atoms with E-state index < -0.39 is 18.0 Å². The van der Waals surface area contributed by atoms with Crippen LogP contribution in [0.25, 0.3) is 10.9 Å². The maximum atomic E-state index is 12.4. The molecule has 2 N–H and O–H groups in total. The molecule has 1 saturated heterocycles. The Labute approximate surface area is 175 Å². The Hall–Kier alpha value is -3.07.